The summed E-state index contributed by atoms with van der Waals surface area (Å²) < 4.78 is 53.7. The molecule has 0 radical (unpaired) electrons. The Morgan fingerprint density at radius 2 is 1.82 bits per heavy atom. The number of methoxy groups -OCH3 is 1. The number of halogens is 2. The van der Waals surface area contributed by atoms with Crippen molar-refractivity contribution in [3.05, 3.63) is 64.4 Å². The maximum absolute atomic E-state index is 13.8. The zero-order valence-corrected chi connectivity index (χ0v) is 19.7. The van der Waals surface area contributed by atoms with Crippen LogP contribution in [0.1, 0.15) is 15.9 Å². The number of esters is 1. The molecule has 2 fully saturated rings. The second-order valence-corrected chi connectivity index (χ2v) is 10.2. The summed E-state index contributed by atoms with van der Waals surface area (Å²) in [6.45, 7) is 3.24. The van der Waals surface area contributed by atoms with Gasteiger partial charge in [0.05, 0.1) is 49.2 Å². The van der Waals surface area contributed by atoms with Crippen LogP contribution >= 0.6 is 11.6 Å². The molecule has 2 aromatic carbocycles. The molecule has 0 aromatic heterocycles. The molecule has 0 unspecified atom stereocenters. The van der Waals surface area contributed by atoms with E-state index in [-0.39, 0.29) is 17.3 Å². The molecule has 0 N–H and O–H groups in total. The Bertz CT molecular complexity index is 1100. The van der Waals surface area contributed by atoms with Gasteiger partial charge in [-0.05, 0) is 35.9 Å². The molecule has 2 aliphatic heterocycles. The van der Waals surface area contributed by atoms with Crippen molar-refractivity contribution in [2.75, 3.05) is 50.8 Å². The van der Waals surface area contributed by atoms with Crippen LogP contribution in [-0.2, 0) is 26.2 Å². The molecule has 11 heteroatoms. The molecule has 0 bridgehead atoms. The summed E-state index contributed by atoms with van der Waals surface area (Å²) in [5.74, 6) is -1.11. The first kappa shape index (κ1) is 23.9. The Labute approximate surface area is 197 Å². The van der Waals surface area contributed by atoms with Crippen LogP contribution in [0.3, 0.4) is 0 Å². The smallest absolute Gasteiger partial charge is 0.337 e. The first-order chi connectivity index (χ1) is 15.8. The summed E-state index contributed by atoms with van der Waals surface area (Å²) in [7, 11) is -2.65. The standard InChI is InChI=1S/C22H25ClFN3O5S/c1-31-22(28)17-4-2-16(3-5-17)13-27(18-6-7-21(24)20(23)12-18)33(29,30)26-10-8-25(9-11-26)19-14-32-15-19/h2-7,12,19H,8-11,13-15H2,1H3. The minimum Gasteiger partial charge on any atom is -0.465 e. The van der Waals surface area contributed by atoms with Crippen molar-refractivity contribution in [3.63, 3.8) is 0 Å². The normalized spacial score (nSPS) is 18.0. The number of carbonyl (C=O) groups excluding carboxylic acids is 1. The van der Waals surface area contributed by atoms with Crippen molar-refractivity contribution < 1.29 is 27.1 Å². The highest BCUT2D eigenvalue weighted by Gasteiger charge is 2.36. The lowest BCUT2D eigenvalue weighted by Crippen LogP contribution is -2.59. The number of nitrogens with zero attached hydrogens (tertiary/aromatic N) is 3. The lowest BCUT2D eigenvalue weighted by molar-refractivity contribution is -0.0721. The third kappa shape index (κ3) is 5.15. The minimum atomic E-state index is -3.94. The fraction of sp³-hybridized carbons (Fsp3) is 0.409. The van der Waals surface area contributed by atoms with Crippen LogP contribution in [0.15, 0.2) is 42.5 Å². The molecule has 0 spiro atoms. The van der Waals surface area contributed by atoms with Crippen LogP contribution in [0.5, 0.6) is 0 Å². The predicted octanol–water partition coefficient (Wildman–Crippen LogP) is 2.53. The topological polar surface area (TPSA) is 79.4 Å². The molecule has 0 amide bonds. The van der Waals surface area contributed by atoms with Gasteiger partial charge in [0.15, 0.2) is 0 Å². The monoisotopic (exact) mass is 497 g/mol. The first-order valence-electron chi connectivity index (χ1n) is 10.5. The van der Waals surface area contributed by atoms with E-state index in [2.05, 4.69) is 4.90 Å². The highest BCUT2D eigenvalue weighted by molar-refractivity contribution is 7.90. The fourth-order valence-corrected chi connectivity index (χ4v) is 5.62. The molecule has 0 atom stereocenters. The maximum Gasteiger partial charge on any atom is 0.337 e. The molecule has 2 heterocycles. The van der Waals surface area contributed by atoms with Gasteiger partial charge in [0, 0.05) is 26.2 Å². The molecular weight excluding hydrogens is 473 g/mol. The quantitative estimate of drug-likeness (QED) is 0.547. The second kappa shape index (κ2) is 9.94. The Kier molecular flexibility index (Phi) is 7.20. The van der Waals surface area contributed by atoms with Crippen molar-refractivity contribution in [1.82, 2.24) is 9.21 Å². The predicted molar refractivity (Wildman–Crippen MR) is 122 cm³/mol. The van der Waals surface area contributed by atoms with Gasteiger partial charge < -0.3 is 9.47 Å². The Morgan fingerprint density at radius 1 is 1.15 bits per heavy atom. The number of hydrogen-bond acceptors (Lipinski definition) is 6. The van der Waals surface area contributed by atoms with E-state index in [0.29, 0.717) is 56.6 Å². The molecule has 8 nitrogen and oxygen atoms in total. The van der Waals surface area contributed by atoms with E-state index in [9.17, 15) is 17.6 Å². The molecule has 2 saturated heterocycles. The van der Waals surface area contributed by atoms with Crippen molar-refractivity contribution in [1.29, 1.82) is 0 Å². The number of piperazine rings is 1. The number of rotatable bonds is 7. The third-order valence-corrected chi connectivity index (χ3v) is 8.11. The molecule has 33 heavy (non-hydrogen) atoms. The largest absolute Gasteiger partial charge is 0.465 e. The third-order valence-electron chi connectivity index (χ3n) is 5.91. The van der Waals surface area contributed by atoms with E-state index >= 15 is 0 Å². The van der Waals surface area contributed by atoms with Crippen LogP contribution in [0.25, 0.3) is 0 Å². The number of ether oxygens (including phenoxy) is 2. The Balaban J connectivity index is 1.59. The second-order valence-electron chi connectivity index (χ2n) is 7.93. The lowest BCUT2D eigenvalue weighted by atomic mass is 10.1. The highest BCUT2D eigenvalue weighted by atomic mass is 35.5. The Hall–Kier alpha value is -2.24. The number of anilines is 1. The van der Waals surface area contributed by atoms with Gasteiger partial charge in [0.25, 0.3) is 0 Å². The van der Waals surface area contributed by atoms with E-state index in [1.54, 1.807) is 24.3 Å². The molecule has 0 saturated carbocycles. The molecule has 178 valence electrons. The van der Waals surface area contributed by atoms with Gasteiger partial charge in [-0.15, -0.1) is 0 Å². The van der Waals surface area contributed by atoms with Gasteiger partial charge >= 0.3 is 16.2 Å². The summed E-state index contributed by atoms with van der Waals surface area (Å²) in [4.78, 5) is 13.9. The molecular formula is C22H25ClFN3O5S. The van der Waals surface area contributed by atoms with Crippen molar-refractivity contribution in [2.45, 2.75) is 12.6 Å². The van der Waals surface area contributed by atoms with E-state index in [4.69, 9.17) is 21.1 Å². The molecule has 4 rings (SSSR count). The SMILES string of the molecule is COC(=O)c1ccc(CN(c2ccc(F)c(Cl)c2)S(=O)(=O)N2CCN(C3COC3)CC2)cc1. The summed E-state index contributed by atoms with van der Waals surface area (Å²) in [5.41, 5.74) is 1.27. The molecule has 2 aromatic rings. The average molecular weight is 498 g/mol. The van der Waals surface area contributed by atoms with Crippen molar-refractivity contribution in [3.8, 4) is 0 Å². The first-order valence-corrected chi connectivity index (χ1v) is 12.3. The highest BCUT2D eigenvalue weighted by Crippen LogP contribution is 2.29. The van der Waals surface area contributed by atoms with Crippen LogP contribution in [0.2, 0.25) is 5.02 Å². The van der Waals surface area contributed by atoms with Gasteiger partial charge in [-0.2, -0.15) is 12.7 Å². The van der Waals surface area contributed by atoms with Gasteiger partial charge in [-0.3, -0.25) is 9.21 Å². The summed E-state index contributed by atoms with van der Waals surface area (Å²) in [5, 5.41) is -0.163. The van der Waals surface area contributed by atoms with Crippen LogP contribution in [0.4, 0.5) is 10.1 Å². The van der Waals surface area contributed by atoms with E-state index in [1.165, 1.54) is 27.9 Å². The number of hydrogen-bond donors (Lipinski definition) is 0. The van der Waals surface area contributed by atoms with Gasteiger partial charge in [-0.1, -0.05) is 23.7 Å². The van der Waals surface area contributed by atoms with Crippen LogP contribution < -0.4 is 4.31 Å². The number of carbonyl (C=O) groups is 1. The molecule has 0 aliphatic carbocycles. The summed E-state index contributed by atoms with van der Waals surface area (Å²) >= 11 is 5.96. The van der Waals surface area contributed by atoms with Crippen molar-refractivity contribution in [2.24, 2.45) is 0 Å². The van der Waals surface area contributed by atoms with E-state index < -0.39 is 22.0 Å². The van der Waals surface area contributed by atoms with Crippen LogP contribution in [0, 0.1) is 5.82 Å². The summed E-state index contributed by atoms with van der Waals surface area (Å²) in [6, 6.07) is 10.7. The fourth-order valence-electron chi connectivity index (χ4n) is 3.85. The van der Waals surface area contributed by atoms with Gasteiger partial charge in [-0.25, -0.2) is 9.18 Å². The number of benzene rings is 2. The lowest BCUT2D eigenvalue weighted by Gasteiger charge is -2.43. The summed E-state index contributed by atoms with van der Waals surface area (Å²) in [6.07, 6.45) is 0. The van der Waals surface area contributed by atoms with Gasteiger partial charge in [0.2, 0.25) is 0 Å². The Morgan fingerprint density at radius 3 is 2.36 bits per heavy atom. The zero-order valence-electron chi connectivity index (χ0n) is 18.1. The van der Waals surface area contributed by atoms with Gasteiger partial charge in [0.1, 0.15) is 5.82 Å². The van der Waals surface area contributed by atoms with E-state index in [0.717, 1.165) is 6.07 Å². The minimum absolute atomic E-state index is 0.0115. The van der Waals surface area contributed by atoms with Crippen LogP contribution in [-0.4, -0.2) is 76.1 Å². The maximum atomic E-state index is 13.8. The average Bonchev–Trinajstić information content (AvgIpc) is 2.78. The van der Waals surface area contributed by atoms with E-state index in [1.807, 2.05) is 0 Å². The zero-order chi connectivity index (χ0) is 23.6. The van der Waals surface area contributed by atoms with Crippen molar-refractivity contribution >= 4 is 33.5 Å². The molecule has 2 aliphatic rings.